The number of hydrogen-bond donors (Lipinski definition) is 1. The van der Waals surface area contributed by atoms with Gasteiger partial charge in [-0.3, -0.25) is 0 Å². The van der Waals surface area contributed by atoms with Gasteiger partial charge in [-0.25, -0.2) is 0 Å². The molecule has 0 saturated heterocycles. The highest BCUT2D eigenvalue weighted by atomic mass is 14.8. The lowest BCUT2D eigenvalue weighted by molar-refractivity contribution is 0.671. The zero-order valence-corrected chi connectivity index (χ0v) is 8.43. The number of hydrogen-bond acceptors (Lipinski definition) is 1. The molecule has 0 aromatic heterocycles. The summed E-state index contributed by atoms with van der Waals surface area (Å²) in [6.45, 7) is 4.29. The molecule has 1 aliphatic rings. The Balaban J connectivity index is 2.20. The molecule has 2 rings (SSSR count). The van der Waals surface area contributed by atoms with Crippen molar-refractivity contribution >= 4 is 0 Å². The monoisotopic (exact) mass is 175 g/mol. The minimum Gasteiger partial charge on any atom is -0.325 e. The summed E-state index contributed by atoms with van der Waals surface area (Å²) in [6.07, 6.45) is 3.44. The second-order valence-corrected chi connectivity index (χ2v) is 4.54. The fraction of sp³-hybridized carbons (Fsp3) is 0.500. The van der Waals surface area contributed by atoms with Gasteiger partial charge in [-0.05, 0) is 38.7 Å². The van der Waals surface area contributed by atoms with E-state index in [0.717, 1.165) is 6.42 Å². The van der Waals surface area contributed by atoms with Gasteiger partial charge in [0.2, 0.25) is 0 Å². The molecule has 0 bridgehead atoms. The molecule has 70 valence electrons. The summed E-state index contributed by atoms with van der Waals surface area (Å²) in [7, 11) is 0. The molecule has 0 aliphatic heterocycles. The van der Waals surface area contributed by atoms with E-state index in [-0.39, 0.29) is 5.54 Å². The maximum absolute atomic E-state index is 6.08. The van der Waals surface area contributed by atoms with Gasteiger partial charge in [0.1, 0.15) is 0 Å². The van der Waals surface area contributed by atoms with Crippen molar-refractivity contribution < 1.29 is 0 Å². The third-order valence-electron chi connectivity index (χ3n) is 2.73. The van der Waals surface area contributed by atoms with Gasteiger partial charge in [0, 0.05) is 5.54 Å². The van der Waals surface area contributed by atoms with Crippen LogP contribution in [0.4, 0.5) is 0 Å². The average molecular weight is 175 g/mol. The van der Waals surface area contributed by atoms with Crippen LogP contribution in [0.2, 0.25) is 0 Å². The van der Waals surface area contributed by atoms with E-state index < -0.39 is 0 Å². The molecule has 0 heterocycles. The Hall–Kier alpha value is -0.820. The Morgan fingerprint density at radius 3 is 2.15 bits per heavy atom. The Morgan fingerprint density at radius 1 is 1.15 bits per heavy atom. The van der Waals surface area contributed by atoms with Crippen molar-refractivity contribution in [2.75, 3.05) is 0 Å². The van der Waals surface area contributed by atoms with E-state index in [1.165, 1.54) is 29.5 Å². The highest BCUT2D eigenvalue weighted by Gasteiger charge is 2.37. The van der Waals surface area contributed by atoms with Crippen LogP contribution in [0.5, 0.6) is 0 Å². The van der Waals surface area contributed by atoms with Crippen molar-refractivity contribution in [3.8, 4) is 0 Å². The molecule has 0 unspecified atom stereocenters. The zero-order valence-electron chi connectivity index (χ0n) is 8.43. The fourth-order valence-electron chi connectivity index (χ4n) is 1.91. The summed E-state index contributed by atoms with van der Waals surface area (Å²) < 4.78 is 0. The normalized spacial score (nSPS) is 18.7. The predicted molar refractivity (Wildman–Crippen MR) is 55.8 cm³/mol. The minimum absolute atomic E-state index is 0.139. The minimum atomic E-state index is 0.139. The lowest BCUT2D eigenvalue weighted by Gasteiger charge is -2.09. The molecule has 0 amide bonds. The van der Waals surface area contributed by atoms with E-state index in [2.05, 4.69) is 32.0 Å². The maximum Gasteiger partial charge on any atom is 0.0196 e. The van der Waals surface area contributed by atoms with Crippen LogP contribution < -0.4 is 5.73 Å². The molecule has 0 radical (unpaired) electrons. The van der Waals surface area contributed by atoms with E-state index in [4.69, 9.17) is 5.73 Å². The fourth-order valence-corrected chi connectivity index (χ4v) is 1.91. The molecule has 1 aromatic rings. The Kier molecular flexibility index (Phi) is 1.92. The van der Waals surface area contributed by atoms with Crippen LogP contribution in [0.15, 0.2) is 18.2 Å². The quantitative estimate of drug-likeness (QED) is 0.733. The molecule has 1 aliphatic carbocycles. The molecule has 2 N–H and O–H groups in total. The first-order valence-corrected chi connectivity index (χ1v) is 4.93. The van der Waals surface area contributed by atoms with Gasteiger partial charge < -0.3 is 5.73 Å². The largest absolute Gasteiger partial charge is 0.325 e. The third-order valence-corrected chi connectivity index (χ3v) is 2.73. The smallest absolute Gasteiger partial charge is 0.0196 e. The van der Waals surface area contributed by atoms with Crippen LogP contribution in [0.25, 0.3) is 0 Å². The number of aryl methyl sites for hydroxylation is 2. The standard InChI is InChI=1S/C12H17N/c1-9-5-10(2)7-11(6-9)8-12(13)3-4-12/h5-7H,3-4,8,13H2,1-2H3. The van der Waals surface area contributed by atoms with Gasteiger partial charge in [-0.15, -0.1) is 0 Å². The highest BCUT2D eigenvalue weighted by molar-refractivity contribution is 5.30. The third kappa shape index (κ3) is 2.10. The average Bonchev–Trinajstić information content (AvgIpc) is 2.64. The molecule has 1 heteroatoms. The van der Waals surface area contributed by atoms with Gasteiger partial charge >= 0.3 is 0 Å². The predicted octanol–water partition coefficient (Wildman–Crippen LogP) is 2.34. The summed E-state index contributed by atoms with van der Waals surface area (Å²) in [5.74, 6) is 0. The molecule has 1 aromatic carbocycles. The number of rotatable bonds is 2. The summed E-state index contributed by atoms with van der Waals surface area (Å²) in [6, 6.07) is 6.71. The van der Waals surface area contributed by atoms with Crippen LogP contribution in [0, 0.1) is 13.8 Å². The summed E-state index contributed by atoms with van der Waals surface area (Å²) >= 11 is 0. The van der Waals surface area contributed by atoms with Crippen molar-refractivity contribution in [3.05, 3.63) is 34.9 Å². The van der Waals surface area contributed by atoms with E-state index in [1.807, 2.05) is 0 Å². The van der Waals surface area contributed by atoms with Crippen LogP contribution in [0.1, 0.15) is 29.5 Å². The van der Waals surface area contributed by atoms with Crippen molar-refractivity contribution in [2.24, 2.45) is 5.73 Å². The molecule has 1 saturated carbocycles. The molecule has 0 spiro atoms. The first-order valence-electron chi connectivity index (χ1n) is 4.93. The van der Waals surface area contributed by atoms with Crippen LogP contribution in [-0.4, -0.2) is 5.54 Å². The lowest BCUT2D eigenvalue weighted by Crippen LogP contribution is -2.24. The molecule has 1 nitrogen and oxygen atoms in total. The second-order valence-electron chi connectivity index (χ2n) is 4.54. The van der Waals surface area contributed by atoms with Gasteiger partial charge in [-0.1, -0.05) is 29.3 Å². The van der Waals surface area contributed by atoms with Gasteiger partial charge in [0.15, 0.2) is 0 Å². The van der Waals surface area contributed by atoms with E-state index >= 15 is 0 Å². The molecule has 13 heavy (non-hydrogen) atoms. The first-order chi connectivity index (χ1) is 6.07. The molecular weight excluding hydrogens is 158 g/mol. The van der Waals surface area contributed by atoms with Crippen LogP contribution >= 0.6 is 0 Å². The lowest BCUT2D eigenvalue weighted by atomic mass is 10.0. The van der Waals surface area contributed by atoms with Gasteiger partial charge in [0.05, 0.1) is 0 Å². The zero-order chi connectivity index (χ0) is 9.47. The highest BCUT2D eigenvalue weighted by Crippen LogP contribution is 2.35. The Bertz CT molecular complexity index is 304. The maximum atomic E-state index is 6.08. The Morgan fingerprint density at radius 2 is 1.69 bits per heavy atom. The van der Waals surface area contributed by atoms with Crippen molar-refractivity contribution in [1.82, 2.24) is 0 Å². The van der Waals surface area contributed by atoms with Gasteiger partial charge in [0.25, 0.3) is 0 Å². The summed E-state index contributed by atoms with van der Waals surface area (Å²) in [5.41, 5.74) is 10.3. The summed E-state index contributed by atoms with van der Waals surface area (Å²) in [4.78, 5) is 0. The van der Waals surface area contributed by atoms with Crippen molar-refractivity contribution in [1.29, 1.82) is 0 Å². The van der Waals surface area contributed by atoms with E-state index in [9.17, 15) is 0 Å². The molecule has 0 atom stereocenters. The van der Waals surface area contributed by atoms with Crippen molar-refractivity contribution in [3.63, 3.8) is 0 Å². The molecular formula is C12H17N. The number of nitrogens with two attached hydrogens (primary N) is 1. The number of benzene rings is 1. The molecule has 1 fully saturated rings. The van der Waals surface area contributed by atoms with E-state index in [1.54, 1.807) is 0 Å². The first kappa shape index (κ1) is 8.76. The van der Waals surface area contributed by atoms with Crippen LogP contribution in [-0.2, 0) is 6.42 Å². The van der Waals surface area contributed by atoms with Crippen LogP contribution in [0.3, 0.4) is 0 Å². The summed E-state index contributed by atoms with van der Waals surface area (Å²) in [5, 5.41) is 0. The van der Waals surface area contributed by atoms with E-state index in [0.29, 0.717) is 0 Å². The SMILES string of the molecule is Cc1cc(C)cc(CC2(N)CC2)c1. The second kappa shape index (κ2) is 2.85. The van der Waals surface area contributed by atoms with Gasteiger partial charge in [-0.2, -0.15) is 0 Å². The van der Waals surface area contributed by atoms with Crippen molar-refractivity contribution in [2.45, 2.75) is 38.6 Å². The topological polar surface area (TPSA) is 26.0 Å². The Labute approximate surface area is 80.0 Å².